The highest BCUT2D eigenvalue weighted by molar-refractivity contribution is 5.79. The number of rotatable bonds is 4. The monoisotopic (exact) mass is 238 g/mol. The van der Waals surface area contributed by atoms with Gasteiger partial charge in [-0.3, -0.25) is 4.79 Å². The fraction of sp³-hybridized carbons (Fsp3) is 0.235. The molecule has 2 rings (SSSR count). The molecule has 0 heterocycles. The molecule has 0 amide bonds. The van der Waals surface area contributed by atoms with Crippen LogP contribution in [0.2, 0.25) is 0 Å². The highest BCUT2D eigenvalue weighted by atomic mass is 16.1. The highest BCUT2D eigenvalue weighted by Crippen LogP contribution is 2.26. The SMILES string of the molecule is CCc1ccc(CC)c(-c2cccc(C=O)c2)c1. The van der Waals surface area contributed by atoms with Gasteiger partial charge in [-0.1, -0.05) is 50.2 Å². The lowest BCUT2D eigenvalue weighted by Gasteiger charge is -2.10. The zero-order valence-corrected chi connectivity index (χ0v) is 10.9. The predicted molar refractivity (Wildman–Crippen MR) is 76.0 cm³/mol. The van der Waals surface area contributed by atoms with Crippen molar-refractivity contribution in [2.75, 3.05) is 0 Å². The minimum atomic E-state index is 0.733. The molecular weight excluding hydrogens is 220 g/mol. The molecule has 0 atom stereocenters. The fourth-order valence-electron chi connectivity index (χ4n) is 2.20. The summed E-state index contributed by atoms with van der Waals surface area (Å²) >= 11 is 0. The van der Waals surface area contributed by atoms with E-state index in [9.17, 15) is 4.79 Å². The van der Waals surface area contributed by atoms with Crippen LogP contribution in [0.25, 0.3) is 11.1 Å². The number of aryl methyl sites for hydroxylation is 2. The van der Waals surface area contributed by atoms with Crippen LogP contribution in [-0.4, -0.2) is 6.29 Å². The molecule has 1 heteroatoms. The summed E-state index contributed by atoms with van der Waals surface area (Å²) in [6.07, 6.45) is 2.94. The molecule has 2 aromatic carbocycles. The van der Waals surface area contributed by atoms with E-state index in [2.05, 4.69) is 38.1 Å². The first-order valence-corrected chi connectivity index (χ1v) is 6.46. The van der Waals surface area contributed by atoms with E-state index < -0.39 is 0 Å². The van der Waals surface area contributed by atoms with Crippen LogP contribution in [0.3, 0.4) is 0 Å². The first-order valence-electron chi connectivity index (χ1n) is 6.46. The van der Waals surface area contributed by atoms with Crippen LogP contribution in [-0.2, 0) is 12.8 Å². The van der Waals surface area contributed by atoms with Gasteiger partial charge >= 0.3 is 0 Å². The van der Waals surface area contributed by atoms with Gasteiger partial charge in [-0.05, 0) is 41.2 Å². The predicted octanol–water partition coefficient (Wildman–Crippen LogP) is 4.29. The van der Waals surface area contributed by atoms with Gasteiger partial charge in [0.25, 0.3) is 0 Å². The van der Waals surface area contributed by atoms with Crippen molar-refractivity contribution in [3.63, 3.8) is 0 Å². The second-order valence-corrected chi connectivity index (χ2v) is 4.44. The van der Waals surface area contributed by atoms with Crippen molar-refractivity contribution in [2.24, 2.45) is 0 Å². The zero-order chi connectivity index (χ0) is 13.0. The highest BCUT2D eigenvalue weighted by Gasteiger charge is 2.05. The minimum absolute atomic E-state index is 0.733. The Balaban J connectivity index is 2.56. The molecule has 0 radical (unpaired) electrons. The Morgan fingerprint density at radius 3 is 2.50 bits per heavy atom. The van der Waals surface area contributed by atoms with Crippen molar-refractivity contribution < 1.29 is 4.79 Å². The molecular formula is C17H18O. The third-order valence-electron chi connectivity index (χ3n) is 3.30. The van der Waals surface area contributed by atoms with Crippen LogP contribution in [0.5, 0.6) is 0 Å². The maximum absolute atomic E-state index is 10.9. The van der Waals surface area contributed by atoms with Crippen LogP contribution >= 0.6 is 0 Å². The van der Waals surface area contributed by atoms with Gasteiger partial charge in [0.05, 0.1) is 0 Å². The normalized spacial score (nSPS) is 10.3. The summed E-state index contributed by atoms with van der Waals surface area (Å²) in [6, 6.07) is 14.4. The molecule has 18 heavy (non-hydrogen) atoms. The van der Waals surface area contributed by atoms with Crippen LogP contribution in [0.15, 0.2) is 42.5 Å². The largest absolute Gasteiger partial charge is 0.298 e. The van der Waals surface area contributed by atoms with Crippen molar-refractivity contribution in [1.82, 2.24) is 0 Å². The summed E-state index contributed by atoms with van der Waals surface area (Å²) in [7, 11) is 0. The molecule has 2 aromatic rings. The van der Waals surface area contributed by atoms with Crippen LogP contribution in [0.1, 0.15) is 35.3 Å². The topological polar surface area (TPSA) is 17.1 Å². The number of carbonyl (C=O) groups excluding carboxylic acids is 1. The van der Waals surface area contributed by atoms with E-state index in [1.54, 1.807) is 0 Å². The maximum Gasteiger partial charge on any atom is 0.150 e. The average Bonchev–Trinajstić information content (AvgIpc) is 2.46. The van der Waals surface area contributed by atoms with Gasteiger partial charge in [0.15, 0.2) is 0 Å². The smallest absolute Gasteiger partial charge is 0.150 e. The summed E-state index contributed by atoms with van der Waals surface area (Å²) in [6.45, 7) is 4.32. The molecule has 0 saturated carbocycles. The van der Waals surface area contributed by atoms with Crippen molar-refractivity contribution in [3.8, 4) is 11.1 Å². The van der Waals surface area contributed by atoms with Gasteiger partial charge < -0.3 is 0 Å². The lowest BCUT2D eigenvalue weighted by Crippen LogP contribution is -1.91. The first kappa shape index (κ1) is 12.6. The Hall–Kier alpha value is -1.89. The van der Waals surface area contributed by atoms with E-state index in [1.807, 2.05) is 18.2 Å². The van der Waals surface area contributed by atoms with E-state index in [0.29, 0.717) is 0 Å². The lowest BCUT2D eigenvalue weighted by molar-refractivity contribution is 0.112. The molecule has 0 bridgehead atoms. The Bertz CT molecular complexity index is 555. The van der Waals surface area contributed by atoms with Crippen molar-refractivity contribution in [3.05, 3.63) is 59.2 Å². The van der Waals surface area contributed by atoms with Crippen LogP contribution in [0, 0.1) is 0 Å². The molecule has 0 aromatic heterocycles. The molecule has 92 valence electrons. The maximum atomic E-state index is 10.9. The average molecular weight is 238 g/mol. The molecule has 0 aliphatic rings. The summed E-state index contributed by atoms with van der Waals surface area (Å²) < 4.78 is 0. The van der Waals surface area contributed by atoms with E-state index >= 15 is 0 Å². The van der Waals surface area contributed by atoms with Gasteiger partial charge in [-0.15, -0.1) is 0 Å². The van der Waals surface area contributed by atoms with E-state index in [-0.39, 0.29) is 0 Å². The zero-order valence-electron chi connectivity index (χ0n) is 10.9. The summed E-state index contributed by atoms with van der Waals surface area (Å²) in [5.74, 6) is 0. The lowest BCUT2D eigenvalue weighted by atomic mass is 9.94. The van der Waals surface area contributed by atoms with Crippen LogP contribution in [0.4, 0.5) is 0 Å². The Labute approximate surface area is 108 Å². The molecule has 0 aliphatic heterocycles. The molecule has 0 saturated heterocycles. The Morgan fingerprint density at radius 1 is 1.00 bits per heavy atom. The van der Waals surface area contributed by atoms with Gasteiger partial charge in [-0.25, -0.2) is 0 Å². The Kier molecular flexibility index (Phi) is 3.93. The minimum Gasteiger partial charge on any atom is -0.298 e. The summed E-state index contributed by atoms with van der Waals surface area (Å²) in [5, 5.41) is 0. The molecule has 0 spiro atoms. The second-order valence-electron chi connectivity index (χ2n) is 4.44. The molecule has 0 N–H and O–H groups in total. The summed E-state index contributed by atoms with van der Waals surface area (Å²) in [5.41, 5.74) is 5.78. The third-order valence-corrected chi connectivity index (χ3v) is 3.30. The van der Waals surface area contributed by atoms with E-state index in [1.165, 1.54) is 16.7 Å². The van der Waals surface area contributed by atoms with Gasteiger partial charge in [0.2, 0.25) is 0 Å². The molecule has 0 unspecified atom stereocenters. The van der Waals surface area contributed by atoms with Crippen molar-refractivity contribution in [1.29, 1.82) is 0 Å². The quantitative estimate of drug-likeness (QED) is 0.726. The second kappa shape index (κ2) is 5.63. The number of hydrogen-bond acceptors (Lipinski definition) is 1. The Morgan fingerprint density at radius 2 is 1.83 bits per heavy atom. The number of hydrogen-bond donors (Lipinski definition) is 0. The third kappa shape index (κ3) is 2.51. The van der Waals surface area contributed by atoms with Crippen molar-refractivity contribution >= 4 is 6.29 Å². The standard InChI is InChI=1S/C17H18O/c1-3-13-8-9-15(4-2)17(11-13)16-7-5-6-14(10-16)12-18/h5-12H,3-4H2,1-2H3. The van der Waals surface area contributed by atoms with Crippen molar-refractivity contribution in [2.45, 2.75) is 26.7 Å². The van der Waals surface area contributed by atoms with E-state index in [0.717, 1.165) is 30.3 Å². The fourth-order valence-corrected chi connectivity index (χ4v) is 2.20. The number of aldehydes is 1. The van der Waals surface area contributed by atoms with Crippen LogP contribution < -0.4 is 0 Å². The molecule has 0 aliphatic carbocycles. The van der Waals surface area contributed by atoms with Gasteiger partial charge in [0, 0.05) is 5.56 Å². The molecule has 0 fully saturated rings. The molecule has 1 nitrogen and oxygen atoms in total. The van der Waals surface area contributed by atoms with Gasteiger partial charge in [0.1, 0.15) is 6.29 Å². The summed E-state index contributed by atoms with van der Waals surface area (Å²) in [4.78, 5) is 10.9. The van der Waals surface area contributed by atoms with Gasteiger partial charge in [-0.2, -0.15) is 0 Å². The number of benzene rings is 2. The first-order chi connectivity index (χ1) is 8.78. The number of carbonyl (C=O) groups is 1. The van der Waals surface area contributed by atoms with E-state index in [4.69, 9.17) is 0 Å².